The van der Waals surface area contributed by atoms with E-state index in [0.717, 1.165) is 24.2 Å². The highest BCUT2D eigenvalue weighted by Gasteiger charge is 2.54. The second kappa shape index (κ2) is 6.09. The quantitative estimate of drug-likeness (QED) is 0.841. The van der Waals surface area contributed by atoms with Gasteiger partial charge in [-0.3, -0.25) is 4.79 Å². The third-order valence-electron chi connectivity index (χ3n) is 6.26. The maximum absolute atomic E-state index is 12.6. The Kier molecular flexibility index (Phi) is 4.23. The van der Waals surface area contributed by atoms with Crippen molar-refractivity contribution in [2.24, 2.45) is 23.7 Å². The molecular weight excluding hydrogens is 352 g/mol. The minimum absolute atomic E-state index is 0.0602. The van der Waals surface area contributed by atoms with Gasteiger partial charge in [0.15, 0.2) is 5.76 Å². The molecule has 1 aromatic heterocycles. The van der Waals surface area contributed by atoms with E-state index in [-0.39, 0.29) is 22.8 Å². The first kappa shape index (κ1) is 18.0. The Morgan fingerprint density at radius 2 is 1.85 bits per heavy atom. The number of hydrogen-bond donors (Lipinski definition) is 2. The van der Waals surface area contributed by atoms with Crippen molar-refractivity contribution in [1.29, 1.82) is 0 Å². The topological polar surface area (TPSA) is 88.4 Å². The van der Waals surface area contributed by atoms with Crippen LogP contribution >= 0.6 is 0 Å². The van der Waals surface area contributed by atoms with Crippen LogP contribution in [-0.2, 0) is 10.0 Å². The molecular formula is C19H28N2O4S. The molecule has 144 valence electrons. The summed E-state index contributed by atoms with van der Waals surface area (Å²) in [6.07, 6.45) is 6.25. The normalized spacial score (nSPS) is 33.4. The number of hydrogen-bond acceptors (Lipinski definition) is 4. The van der Waals surface area contributed by atoms with Crippen LogP contribution in [0.25, 0.3) is 0 Å². The van der Waals surface area contributed by atoms with Gasteiger partial charge in [-0.2, -0.15) is 0 Å². The predicted molar refractivity (Wildman–Crippen MR) is 97.1 cm³/mol. The lowest BCUT2D eigenvalue weighted by Crippen LogP contribution is -2.42. The molecule has 0 radical (unpaired) electrons. The number of nitrogens with one attached hydrogen (secondary N) is 2. The van der Waals surface area contributed by atoms with Gasteiger partial charge >= 0.3 is 0 Å². The lowest BCUT2D eigenvalue weighted by atomic mass is 9.79. The lowest BCUT2D eigenvalue weighted by molar-refractivity contribution is 0.0867. The van der Waals surface area contributed by atoms with Gasteiger partial charge < -0.3 is 9.73 Å². The minimum atomic E-state index is -3.77. The van der Waals surface area contributed by atoms with Crippen LogP contribution in [-0.4, -0.2) is 25.9 Å². The van der Waals surface area contributed by atoms with E-state index in [0.29, 0.717) is 5.92 Å². The van der Waals surface area contributed by atoms with E-state index >= 15 is 0 Å². The fourth-order valence-corrected chi connectivity index (χ4v) is 6.87. The number of carbonyl (C=O) groups is 1. The van der Waals surface area contributed by atoms with Crippen molar-refractivity contribution in [1.82, 2.24) is 10.0 Å². The zero-order chi connectivity index (χ0) is 18.7. The van der Waals surface area contributed by atoms with Crippen LogP contribution in [0.4, 0.5) is 0 Å². The Balaban J connectivity index is 1.43. The molecule has 7 heteroatoms. The molecule has 5 unspecified atom stereocenters. The Morgan fingerprint density at radius 3 is 2.58 bits per heavy atom. The lowest BCUT2D eigenvalue weighted by Gasteiger charge is -2.31. The predicted octanol–water partition coefficient (Wildman–Crippen LogP) is 2.91. The fourth-order valence-electron chi connectivity index (χ4n) is 5.51. The first-order chi connectivity index (χ1) is 12.1. The molecule has 4 rings (SSSR count). The maximum Gasteiger partial charge on any atom is 0.287 e. The van der Waals surface area contributed by atoms with Crippen LogP contribution in [0.3, 0.4) is 0 Å². The number of amides is 1. The molecule has 1 aromatic rings. The minimum Gasteiger partial charge on any atom is -0.438 e. The molecule has 3 saturated carbocycles. The van der Waals surface area contributed by atoms with Gasteiger partial charge in [0.25, 0.3) is 15.9 Å². The highest BCUT2D eigenvalue weighted by molar-refractivity contribution is 7.89. The van der Waals surface area contributed by atoms with Crippen molar-refractivity contribution < 1.29 is 17.6 Å². The van der Waals surface area contributed by atoms with Gasteiger partial charge in [0.2, 0.25) is 5.09 Å². The van der Waals surface area contributed by atoms with Crippen LogP contribution in [0.15, 0.2) is 21.6 Å². The zero-order valence-electron chi connectivity index (χ0n) is 15.6. The highest BCUT2D eigenvalue weighted by Crippen LogP contribution is 2.58. The molecule has 6 nitrogen and oxygen atoms in total. The van der Waals surface area contributed by atoms with Gasteiger partial charge in [0.05, 0.1) is 0 Å². The van der Waals surface area contributed by atoms with E-state index < -0.39 is 15.6 Å². The average Bonchev–Trinajstić information content (AvgIpc) is 3.26. The molecule has 0 aromatic carbocycles. The highest BCUT2D eigenvalue weighted by atomic mass is 32.2. The molecule has 3 fully saturated rings. The SMILES string of the molecule is CC(C)(C)NS(=O)(=O)c1ccc(C(=O)NC2CC3CC2C2CCCC32)o1. The number of carbonyl (C=O) groups excluding carboxylic acids is 1. The van der Waals surface area contributed by atoms with E-state index in [1.165, 1.54) is 37.8 Å². The molecule has 5 atom stereocenters. The van der Waals surface area contributed by atoms with Gasteiger partial charge in [-0.15, -0.1) is 0 Å². The number of furan rings is 1. The average molecular weight is 381 g/mol. The summed E-state index contributed by atoms with van der Waals surface area (Å²) in [6.45, 7) is 5.27. The summed E-state index contributed by atoms with van der Waals surface area (Å²) in [5.74, 6) is 2.72. The van der Waals surface area contributed by atoms with Gasteiger partial charge in [-0.05, 0) is 82.3 Å². The smallest absolute Gasteiger partial charge is 0.287 e. The second-order valence-electron chi connectivity index (χ2n) is 9.21. The number of fused-ring (bicyclic) bond motifs is 5. The Labute approximate surface area is 155 Å². The zero-order valence-corrected chi connectivity index (χ0v) is 16.4. The van der Waals surface area contributed by atoms with Gasteiger partial charge in [0.1, 0.15) is 0 Å². The first-order valence-electron chi connectivity index (χ1n) is 9.59. The van der Waals surface area contributed by atoms with Gasteiger partial charge in [-0.1, -0.05) is 6.42 Å². The van der Waals surface area contributed by atoms with Crippen molar-refractivity contribution in [3.05, 3.63) is 17.9 Å². The van der Waals surface area contributed by atoms with E-state index in [4.69, 9.17) is 4.42 Å². The van der Waals surface area contributed by atoms with Crippen molar-refractivity contribution >= 4 is 15.9 Å². The summed E-state index contributed by atoms with van der Waals surface area (Å²) < 4.78 is 32.5. The molecule has 1 heterocycles. The standard InChI is InChI=1S/C19H28N2O4S/c1-19(2,3)21-26(23,24)17-8-7-16(25-17)18(22)20-15-10-11-9-14(15)13-6-4-5-12(11)13/h7-8,11-15,21H,4-6,9-10H2,1-3H3,(H,20,22). The molecule has 3 aliphatic carbocycles. The first-order valence-corrected chi connectivity index (χ1v) is 11.1. The summed E-state index contributed by atoms with van der Waals surface area (Å²) in [7, 11) is -3.77. The summed E-state index contributed by atoms with van der Waals surface area (Å²) in [6, 6.07) is 2.99. The third kappa shape index (κ3) is 3.20. The molecule has 2 N–H and O–H groups in total. The summed E-state index contributed by atoms with van der Waals surface area (Å²) >= 11 is 0. The third-order valence-corrected chi connectivity index (χ3v) is 7.89. The second-order valence-corrected chi connectivity index (χ2v) is 10.8. The maximum atomic E-state index is 12.6. The van der Waals surface area contributed by atoms with Crippen LogP contribution in [0.2, 0.25) is 0 Å². The van der Waals surface area contributed by atoms with Gasteiger partial charge in [0, 0.05) is 11.6 Å². The molecule has 2 bridgehead atoms. The number of sulfonamides is 1. The van der Waals surface area contributed by atoms with Gasteiger partial charge in [-0.25, -0.2) is 13.1 Å². The Hall–Kier alpha value is -1.34. The van der Waals surface area contributed by atoms with Crippen molar-refractivity contribution in [2.45, 2.75) is 69.5 Å². The Morgan fingerprint density at radius 1 is 1.12 bits per heavy atom. The monoisotopic (exact) mass is 380 g/mol. The summed E-state index contributed by atoms with van der Waals surface area (Å²) in [5.41, 5.74) is -0.616. The van der Waals surface area contributed by atoms with Crippen molar-refractivity contribution in [3.63, 3.8) is 0 Å². The Bertz CT molecular complexity index is 808. The molecule has 26 heavy (non-hydrogen) atoms. The van der Waals surface area contributed by atoms with E-state index in [1.807, 2.05) is 0 Å². The van der Waals surface area contributed by atoms with Crippen LogP contribution in [0.5, 0.6) is 0 Å². The van der Waals surface area contributed by atoms with E-state index in [2.05, 4.69) is 10.0 Å². The van der Waals surface area contributed by atoms with Crippen LogP contribution in [0, 0.1) is 23.7 Å². The van der Waals surface area contributed by atoms with Crippen LogP contribution < -0.4 is 10.0 Å². The molecule has 3 aliphatic rings. The molecule has 0 spiro atoms. The summed E-state index contributed by atoms with van der Waals surface area (Å²) in [4.78, 5) is 12.6. The molecule has 0 saturated heterocycles. The van der Waals surface area contributed by atoms with Crippen LogP contribution in [0.1, 0.15) is 63.4 Å². The summed E-state index contributed by atoms with van der Waals surface area (Å²) in [5, 5.41) is 2.88. The van der Waals surface area contributed by atoms with E-state index in [1.54, 1.807) is 20.8 Å². The largest absolute Gasteiger partial charge is 0.438 e. The van der Waals surface area contributed by atoms with Crippen molar-refractivity contribution in [3.8, 4) is 0 Å². The van der Waals surface area contributed by atoms with E-state index in [9.17, 15) is 13.2 Å². The fraction of sp³-hybridized carbons (Fsp3) is 0.737. The number of rotatable bonds is 4. The molecule has 0 aliphatic heterocycles. The van der Waals surface area contributed by atoms with Crippen molar-refractivity contribution in [2.75, 3.05) is 0 Å². The molecule has 1 amide bonds.